The molecule has 0 fully saturated rings. The maximum Gasteiger partial charge on any atom is 0.231 e. The zero-order chi connectivity index (χ0) is 12.6. The molecule has 1 aliphatic heterocycles. The highest BCUT2D eigenvalue weighted by Gasteiger charge is 2.25. The summed E-state index contributed by atoms with van der Waals surface area (Å²) in [6.45, 7) is 4.40. The summed E-state index contributed by atoms with van der Waals surface area (Å²) in [6.07, 6.45) is 0.536. The van der Waals surface area contributed by atoms with Crippen molar-refractivity contribution in [3.8, 4) is 0 Å². The van der Waals surface area contributed by atoms with Crippen molar-refractivity contribution < 1.29 is 4.79 Å². The molecule has 0 saturated heterocycles. The molecule has 1 aromatic carbocycles. The molecule has 92 valence electrons. The summed E-state index contributed by atoms with van der Waals surface area (Å²) in [4.78, 5) is 13.4. The Hall–Kier alpha value is -1.35. The monoisotopic (exact) mass is 232 g/mol. The highest BCUT2D eigenvalue weighted by Crippen LogP contribution is 2.31. The van der Waals surface area contributed by atoms with Crippen molar-refractivity contribution in [3.05, 3.63) is 29.3 Å². The largest absolute Gasteiger partial charge is 0.315 e. The number of benzene rings is 1. The molecule has 1 heterocycles. The van der Waals surface area contributed by atoms with E-state index in [2.05, 4.69) is 37.4 Å². The van der Waals surface area contributed by atoms with Crippen LogP contribution in [-0.4, -0.2) is 20.0 Å². The molecule has 2 rings (SSSR count). The van der Waals surface area contributed by atoms with Crippen LogP contribution in [0.25, 0.3) is 0 Å². The highest BCUT2D eigenvalue weighted by atomic mass is 16.2. The molecular formula is C14H20N2O. The van der Waals surface area contributed by atoms with Gasteiger partial charge in [0.25, 0.3) is 0 Å². The lowest BCUT2D eigenvalue weighted by atomic mass is 9.94. The first-order valence-corrected chi connectivity index (χ1v) is 6.11. The Labute approximate surface area is 103 Å². The third kappa shape index (κ3) is 2.07. The Morgan fingerprint density at radius 3 is 2.65 bits per heavy atom. The van der Waals surface area contributed by atoms with Crippen LogP contribution in [0, 0.1) is 5.92 Å². The van der Waals surface area contributed by atoms with Crippen LogP contribution in [0.2, 0.25) is 0 Å². The van der Waals surface area contributed by atoms with E-state index in [0.29, 0.717) is 18.4 Å². The number of nitrogens with one attached hydrogen (secondary N) is 1. The molecule has 1 aliphatic rings. The molecule has 1 unspecified atom stereocenters. The van der Waals surface area contributed by atoms with Crippen LogP contribution in [0.4, 0.5) is 5.69 Å². The number of carbonyl (C=O) groups is 1. The summed E-state index contributed by atoms with van der Waals surface area (Å²) in [7, 11) is 3.82. The van der Waals surface area contributed by atoms with E-state index in [1.807, 2.05) is 14.1 Å². The zero-order valence-electron chi connectivity index (χ0n) is 10.9. The maximum atomic E-state index is 11.6. The molecule has 1 atom stereocenters. The number of rotatable bonds is 3. The minimum Gasteiger partial charge on any atom is -0.315 e. The van der Waals surface area contributed by atoms with Gasteiger partial charge in [-0.05, 0) is 30.2 Å². The first kappa shape index (κ1) is 12.1. The number of anilines is 1. The fourth-order valence-corrected chi connectivity index (χ4v) is 2.57. The molecule has 1 amide bonds. The lowest BCUT2D eigenvalue weighted by Crippen LogP contribution is -2.22. The van der Waals surface area contributed by atoms with Crippen LogP contribution in [0.3, 0.4) is 0 Å². The van der Waals surface area contributed by atoms with Gasteiger partial charge in [-0.15, -0.1) is 0 Å². The van der Waals surface area contributed by atoms with Crippen molar-refractivity contribution in [2.75, 3.05) is 19.0 Å². The van der Waals surface area contributed by atoms with E-state index in [-0.39, 0.29) is 5.91 Å². The molecule has 0 spiro atoms. The van der Waals surface area contributed by atoms with Gasteiger partial charge in [-0.25, -0.2) is 0 Å². The van der Waals surface area contributed by atoms with Crippen LogP contribution >= 0.6 is 0 Å². The second kappa shape index (κ2) is 4.49. The number of amides is 1. The first-order chi connectivity index (χ1) is 8.04. The van der Waals surface area contributed by atoms with Gasteiger partial charge in [-0.3, -0.25) is 4.79 Å². The van der Waals surface area contributed by atoms with E-state index in [0.717, 1.165) is 11.3 Å². The van der Waals surface area contributed by atoms with Gasteiger partial charge >= 0.3 is 0 Å². The molecule has 0 saturated carbocycles. The molecule has 3 nitrogen and oxygen atoms in total. The standard InChI is InChI=1S/C14H20N2O/c1-9(2)14(15-3)10-5-6-12-11(7-10)8-13(17)16(12)4/h5-7,9,14-15H,8H2,1-4H3. The molecular weight excluding hydrogens is 212 g/mol. The van der Waals surface area contributed by atoms with Gasteiger partial charge in [-0.1, -0.05) is 26.0 Å². The summed E-state index contributed by atoms with van der Waals surface area (Å²) in [6, 6.07) is 6.69. The number of carbonyl (C=O) groups excluding carboxylic acids is 1. The van der Waals surface area contributed by atoms with E-state index in [1.165, 1.54) is 5.56 Å². The molecule has 3 heteroatoms. The molecule has 17 heavy (non-hydrogen) atoms. The fourth-order valence-electron chi connectivity index (χ4n) is 2.57. The molecule has 0 aromatic heterocycles. The third-order valence-electron chi connectivity index (χ3n) is 3.52. The van der Waals surface area contributed by atoms with Gasteiger partial charge in [0.2, 0.25) is 5.91 Å². The predicted octanol–water partition coefficient (Wildman–Crippen LogP) is 2.12. The van der Waals surface area contributed by atoms with Crippen molar-refractivity contribution >= 4 is 11.6 Å². The summed E-state index contributed by atoms with van der Waals surface area (Å²) >= 11 is 0. The third-order valence-corrected chi connectivity index (χ3v) is 3.52. The zero-order valence-corrected chi connectivity index (χ0v) is 10.9. The van der Waals surface area contributed by atoms with Gasteiger partial charge in [-0.2, -0.15) is 0 Å². The Morgan fingerprint density at radius 2 is 2.06 bits per heavy atom. The van der Waals surface area contributed by atoms with Crippen LogP contribution < -0.4 is 10.2 Å². The van der Waals surface area contributed by atoms with Gasteiger partial charge in [0.1, 0.15) is 0 Å². The normalized spacial score (nSPS) is 16.5. The van der Waals surface area contributed by atoms with E-state index in [1.54, 1.807) is 4.90 Å². The van der Waals surface area contributed by atoms with Crippen molar-refractivity contribution in [3.63, 3.8) is 0 Å². The van der Waals surface area contributed by atoms with Crippen molar-refractivity contribution in [2.45, 2.75) is 26.3 Å². The van der Waals surface area contributed by atoms with Crippen molar-refractivity contribution in [1.82, 2.24) is 5.32 Å². The average molecular weight is 232 g/mol. The molecule has 0 radical (unpaired) electrons. The van der Waals surface area contributed by atoms with Gasteiger partial charge in [0.05, 0.1) is 6.42 Å². The molecule has 1 aromatic rings. The maximum absolute atomic E-state index is 11.6. The highest BCUT2D eigenvalue weighted by molar-refractivity contribution is 6.00. The topological polar surface area (TPSA) is 32.3 Å². The molecule has 0 bridgehead atoms. The Bertz CT molecular complexity index is 440. The number of likely N-dealkylation sites (N-methyl/N-ethyl adjacent to an activating group) is 1. The van der Waals surface area contributed by atoms with Crippen LogP contribution in [-0.2, 0) is 11.2 Å². The lowest BCUT2D eigenvalue weighted by Gasteiger charge is -2.21. The summed E-state index contributed by atoms with van der Waals surface area (Å²) < 4.78 is 0. The second-order valence-electron chi connectivity index (χ2n) is 5.03. The summed E-state index contributed by atoms with van der Waals surface area (Å²) in [5, 5.41) is 3.33. The van der Waals surface area contributed by atoms with Crippen molar-refractivity contribution in [2.24, 2.45) is 5.92 Å². The smallest absolute Gasteiger partial charge is 0.231 e. The average Bonchev–Trinajstić information content (AvgIpc) is 2.55. The van der Waals surface area contributed by atoms with E-state index >= 15 is 0 Å². The van der Waals surface area contributed by atoms with Gasteiger partial charge in [0.15, 0.2) is 0 Å². The van der Waals surface area contributed by atoms with E-state index in [4.69, 9.17) is 0 Å². The minimum atomic E-state index is 0.183. The lowest BCUT2D eigenvalue weighted by molar-refractivity contribution is -0.117. The Balaban J connectivity index is 2.35. The first-order valence-electron chi connectivity index (χ1n) is 6.11. The van der Waals surface area contributed by atoms with Gasteiger partial charge < -0.3 is 10.2 Å². The van der Waals surface area contributed by atoms with E-state index < -0.39 is 0 Å². The fraction of sp³-hybridized carbons (Fsp3) is 0.500. The molecule has 1 N–H and O–H groups in total. The Morgan fingerprint density at radius 1 is 1.35 bits per heavy atom. The molecule has 0 aliphatic carbocycles. The van der Waals surface area contributed by atoms with Crippen LogP contribution in [0.15, 0.2) is 18.2 Å². The predicted molar refractivity (Wildman–Crippen MR) is 70.2 cm³/mol. The van der Waals surface area contributed by atoms with Crippen LogP contribution in [0.1, 0.15) is 31.0 Å². The number of nitrogens with zero attached hydrogens (tertiary/aromatic N) is 1. The SMILES string of the molecule is CNC(c1ccc2c(c1)CC(=O)N2C)C(C)C. The summed E-state index contributed by atoms with van der Waals surface area (Å²) in [5.74, 6) is 0.718. The Kier molecular flexibility index (Phi) is 3.20. The quantitative estimate of drug-likeness (QED) is 0.865. The van der Waals surface area contributed by atoms with Crippen LogP contribution in [0.5, 0.6) is 0 Å². The second-order valence-corrected chi connectivity index (χ2v) is 5.03. The number of fused-ring (bicyclic) bond motifs is 1. The van der Waals surface area contributed by atoms with Crippen molar-refractivity contribution in [1.29, 1.82) is 0 Å². The minimum absolute atomic E-state index is 0.183. The number of hydrogen-bond donors (Lipinski definition) is 1. The number of hydrogen-bond acceptors (Lipinski definition) is 2. The van der Waals surface area contributed by atoms with E-state index in [9.17, 15) is 4.79 Å². The summed E-state index contributed by atoms with van der Waals surface area (Å²) in [5.41, 5.74) is 3.47. The van der Waals surface area contributed by atoms with Gasteiger partial charge in [0, 0.05) is 18.8 Å².